The third-order valence-corrected chi connectivity index (χ3v) is 3.71. The van der Waals surface area contributed by atoms with Crippen LogP contribution in [0.2, 0.25) is 0 Å². The molecule has 0 aliphatic heterocycles. The van der Waals surface area contributed by atoms with Crippen molar-refractivity contribution in [1.82, 2.24) is 4.98 Å². The lowest BCUT2D eigenvalue weighted by Crippen LogP contribution is -2.16. The molecule has 1 aliphatic carbocycles. The number of nitrogens with zero attached hydrogens (tertiary/aromatic N) is 2. The van der Waals surface area contributed by atoms with Gasteiger partial charge in [-0.25, -0.2) is 4.98 Å². The molecule has 2 rings (SSSR count). The Labute approximate surface area is 118 Å². The zero-order valence-corrected chi connectivity index (χ0v) is 11.6. The van der Waals surface area contributed by atoms with Gasteiger partial charge >= 0.3 is 5.97 Å². The Kier molecular flexibility index (Phi) is 4.57. The molecule has 0 radical (unpaired) electrons. The van der Waals surface area contributed by atoms with E-state index in [1.807, 2.05) is 6.07 Å². The Morgan fingerprint density at radius 1 is 1.55 bits per heavy atom. The zero-order chi connectivity index (χ0) is 14.5. The second-order valence-electron chi connectivity index (χ2n) is 5.26. The van der Waals surface area contributed by atoms with Gasteiger partial charge in [0.15, 0.2) is 0 Å². The highest BCUT2D eigenvalue weighted by atomic mass is 16.4. The van der Waals surface area contributed by atoms with Gasteiger partial charge in [0.2, 0.25) is 0 Å². The van der Waals surface area contributed by atoms with E-state index in [1.54, 1.807) is 6.92 Å². The van der Waals surface area contributed by atoms with Gasteiger partial charge in [0.25, 0.3) is 0 Å². The first kappa shape index (κ1) is 14.3. The summed E-state index contributed by atoms with van der Waals surface area (Å²) in [4.78, 5) is 15.3. The molecule has 106 valence electrons. The first-order valence-corrected chi connectivity index (χ1v) is 7.01. The molecule has 5 nitrogen and oxygen atoms in total. The molecular formula is C15H19N3O2. The molecule has 0 bridgehead atoms. The van der Waals surface area contributed by atoms with E-state index in [0.717, 1.165) is 31.4 Å². The number of aliphatic carboxylic acids is 1. The number of hydrogen-bond acceptors (Lipinski definition) is 4. The van der Waals surface area contributed by atoms with Crippen molar-refractivity contribution < 1.29 is 9.90 Å². The van der Waals surface area contributed by atoms with Crippen molar-refractivity contribution >= 4 is 11.8 Å². The molecule has 0 saturated heterocycles. The molecule has 0 amide bonds. The smallest absolute Gasteiger partial charge is 0.306 e. The molecule has 1 unspecified atom stereocenters. The van der Waals surface area contributed by atoms with Crippen molar-refractivity contribution in [3.05, 3.63) is 22.9 Å². The molecule has 2 N–H and O–H groups in total. The molecule has 1 atom stereocenters. The molecule has 1 aromatic heterocycles. The average molecular weight is 273 g/mol. The predicted octanol–water partition coefficient (Wildman–Crippen LogP) is 2.35. The minimum absolute atomic E-state index is 0.398. The summed E-state index contributed by atoms with van der Waals surface area (Å²) >= 11 is 0. The van der Waals surface area contributed by atoms with Crippen LogP contribution in [0.4, 0.5) is 5.82 Å². The summed E-state index contributed by atoms with van der Waals surface area (Å²) in [6.45, 7) is 2.18. The van der Waals surface area contributed by atoms with Crippen LogP contribution in [0.3, 0.4) is 0 Å². The average Bonchev–Trinajstić information content (AvgIpc) is 2.46. The van der Waals surface area contributed by atoms with E-state index < -0.39 is 11.9 Å². The third kappa shape index (κ3) is 3.27. The Morgan fingerprint density at radius 3 is 3.00 bits per heavy atom. The molecule has 1 heterocycles. The number of hydrogen-bond donors (Lipinski definition) is 2. The first-order chi connectivity index (χ1) is 9.61. The number of aromatic nitrogens is 1. The van der Waals surface area contributed by atoms with E-state index in [0.29, 0.717) is 24.3 Å². The second-order valence-corrected chi connectivity index (χ2v) is 5.26. The van der Waals surface area contributed by atoms with Gasteiger partial charge in [0.1, 0.15) is 11.9 Å². The Bertz CT molecular complexity index is 549. The van der Waals surface area contributed by atoms with Crippen LogP contribution in [-0.2, 0) is 17.6 Å². The highest BCUT2D eigenvalue weighted by Gasteiger charge is 2.15. The first-order valence-electron chi connectivity index (χ1n) is 7.01. The van der Waals surface area contributed by atoms with Crippen molar-refractivity contribution in [2.24, 2.45) is 5.92 Å². The summed E-state index contributed by atoms with van der Waals surface area (Å²) < 4.78 is 0. The molecule has 0 fully saturated rings. The van der Waals surface area contributed by atoms with Crippen molar-refractivity contribution in [1.29, 1.82) is 5.26 Å². The van der Waals surface area contributed by atoms with Gasteiger partial charge in [-0.3, -0.25) is 4.79 Å². The van der Waals surface area contributed by atoms with Gasteiger partial charge in [-0.15, -0.1) is 0 Å². The Morgan fingerprint density at radius 2 is 2.30 bits per heavy atom. The number of aryl methyl sites for hydroxylation is 2. The SMILES string of the molecule is CC(CCNc1nc2c(cc1C#N)CCCC2)C(=O)O. The number of nitriles is 1. The summed E-state index contributed by atoms with van der Waals surface area (Å²) in [6.07, 6.45) is 4.76. The van der Waals surface area contributed by atoms with Crippen molar-refractivity contribution in [3.63, 3.8) is 0 Å². The minimum atomic E-state index is -0.800. The summed E-state index contributed by atoms with van der Waals surface area (Å²) in [6, 6.07) is 4.09. The number of carboxylic acids is 1. The van der Waals surface area contributed by atoms with E-state index in [9.17, 15) is 10.1 Å². The van der Waals surface area contributed by atoms with Gasteiger partial charge in [-0.05, 0) is 43.7 Å². The summed E-state index contributed by atoms with van der Waals surface area (Å²) in [5, 5.41) is 21.1. The largest absolute Gasteiger partial charge is 0.481 e. The van der Waals surface area contributed by atoms with Crippen LogP contribution in [0.1, 0.15) is 43.0 Å². The molecule has 1 aliphatic rings. The van der Waals surface area contributed by atoms with E-state index in [-0.39, 0.29) is 0 Å². The molecule has 0 saturated carbocycles. The summed E-state index contributed by atoms with van der Waals surface area (Å²) in [5.74, 6) is -0.609. The predicted molar refractivity (Wildman–Crippen MR) is 75.5 cm³/mol. The van der Waals surface area contributed by atoms with Gasteiger partial charge in [-0.2, -0.15) is 5.26 Å². The van der Waals surface area contributed by atoms with Crippen molar-refractivity contribution in [3.8, 4) is 6.07 Å². The van der Waals surface area contributed by atoms with Crippen LogP contribution in [-0.4, -0.2) is 22.6 Å². The topological polar surface area (TPSA) is 86.0 Å². The van der Waals surface area contributed by atoms with Crippen LogP contribution in [0, 0.1) is 17.2 Å². The lowest BCUT2D eigenvalue weighted by atomic mass is 9.95. The third-order valence-electron chi connectivity index (χ3n) is 3.71. The van der Waals surface area contributed by atoms with Crippen LogP contribution in [0.5, 0.6) is 0 Å². The molecule has 0 spiro atoms. The minimum Gasteiger partial charge on any atom is -0.481 e. The van der Waals surface area contributed by atoms with Crippen molar-refractivity contribution in [2.45, 2.75) is 39.0 Å². The van der Waals surface area contributed by atoms with Crippen LogP contribution in [0.15, 0.2) is 6.07 Å². The number of pyridine rings is 1. The molecule has 20 heavy (non-hydrogen) atoms. The number of fused-ring (bicyclic) bond motifs is 1. The lowest BCUT2D eigenvalue weighted by molar-refractivity contribution is -0.141. The van der Waals surface area contributed by atoms with E-state index in [1.165, 1.54) is 5.56 Å². The number of nitrogens with one attached hydrogen (secondary N) is 1. The molecular weight excluding hydrogens is 254 g/mol. The summed E-state index contributed by atoms with van der Waals surface area (Å²) in [5.41, 5.74) is 2.80. The lowest BCUT2D eigenvalue weighted by Gasteiger charge is -2.17. The highest BCUT2D eigenvalue weighted by Crippen LogP contribution is 2.24. The van der Waals surface area contributed by atoms with Gasteiger partial charge in [-0.1, -0.05) is 6.92 Å². The second kappa shape index (κ2) is 6.38. The highest BCUT2D eigenvalue weighted by molar-refractivity contribution is 5.69. The maximum absolute atomic E-state index is 10.8. The van der Waals surface area contributed by atoms with Crippen LogP contribution < -0.4 is 5.32 Å². The standard InChI is InChI=1S/C15H19N3O2/c1-10(15(19)20)6-7-17-14-12(9-16)8-11-4-2-3-5-13(11)18-14/h8,10H,2-7H2,1H3,(H,17,18)(H,19,20). The summed E-state index contributed by atoms with van der Waals surface area (Å²) in [7, 11) is 0. The molecule has 1 aromatic rings. The fourth-order valence-electron chi connectivity index (χ4n) is 2.38. The fraction of sp³-hybridized carbons (Fsp3) is 0.533. The molecule has 0 aromatic carbocycles. The Balaban J connectivity index is 2.07. The zero-order valence-electron chi connectivity index (χ0n) is 11.6. The number of carbonyl (C=O) groups is 1. The number of rotatable bonds is 5. The van der Waals surface area contributed by atoms with Crippen LogP contribution in [0.25, 0.3) is 0 Å². The van der Waals surface area contributed by atoms with Gasteiger partial charge in [0, 0.05) is 12.2 Å². The number of anilines is 1. The van der Waals surface area contributed by atoms with Crippen molar-refractivity contribution in [2.75, 3.05) is 11.9 Å². The van der Waals surface area contributed by atoms with E-state index in [2.05, 4.69) is 16.4 Å². The maximum Gasteiger partial charge on any atom is 0.306 e. The van der Waals surface area contributed by atoms with E-state index >= 15 is 0 Å². The normalized spacial score (nSPS) is 15.0. The number of carboxylic acid groups (broad SMARTS) is 1. The van der Waals surface area contributed by atoms with Crippen LogP contribution >= 0.6 is 0 Å². The Hall–Kier alpha value is -2.09. The van der Waals surface area contributed by atoms with Gasteiger partial charge in [0.05, 0.1) is 11.5 Å². The van der Waals surface area contributed by atoms with Gasteiger partial charge < -0.3 is 10.4 Å². The maximum atomic E-state index is 10.8. The van der Waals surface area contributed by atoms with E-state index in [4.69, 9.17) is 5.11 Å². The quantitative estimate of drug-likeness (QED) is 0.860. The fourth-order valence-corrected chi connectivity index (χ4v) is 2.38. The molecule has 5 heteroatoms. The monoisotopic (exact) mass is 273 g/mol.